The number of benzene rings is 1. The summed E-state index contributed by atoms with van der Waals surface area (Å²) in [5, 5.41) is 0. The molecule has 142 valence electrons. The van der Waals surface area contributed by atoms with Crippen molar-refractivity contribution in [1.82, 2.24) is 14.9 Å². The number of nitrogens with zero attached hydrogens (tertiary/aromatic N) is 4. The van der Waals surface area contributed by atoms with E-state index in [2.05, 4.69) is 14.9 Å². The van der Waals surface area contributed by atoms with Gasteiger partial charge in [-0.15, -0.1) is 0 Å². The van der Waals surface area contributed by atoms with Gasteiger partial charge in [-0.1, -0.05) is 0 Å². The second-order valence-corrected chi connectivity index (χ2v) is 6.39. The third kappa shape index (κ3) is 3.60. The molecule has 0 radical (unpaired) electrons. The van der Waals surface area contributed by atoms with Crippen molar-refractivity contribution in [2.45, 2.75) is 13.8 Å². The van der Waals surface area contributed by atoms with Crippen molar-refractivity contribution in [3.63, 3.8) is 0 Å². The van der Waals surface area contributed by atoms with Crippen LogP contribution in [0.3, 0.4) is 0 Å². The van der Waals surface area contributed by atoms with Crippen molar-refractivity contribution in [2.75, 3.05) is 44.5 Å². The summed E-state index contributed by atoms with van der Waals surface area (Å²) < 4.78 is 16.2. The summed E-state index contributed by atoms with van der Waals surface area (Å²) in [6.45, 7) is 7.21. The molecule has 0 N–H and O–H groups in total. The Labute approximate surface area is 157 Å². The molecule has 0 saturated carbocycles. The standard InChI is InChI=1S/C19H22N4O4/c1-3-25-18-11-17(20-13(2)21-18)22-6-8-23(9-7-22)19(24)14-4-5-15-16(10-14)27-12-26-15/h4-5,10-11H,3,6-9,12H2,1-2H3. The number of ether oxygens (including phenoxy) is 3. The van der Waals surface area contributed by atoms with E-state index in [9.17, 15) is 4.79 Å². The molecule has 2 aromatic rings. The highest BCUT2D eigenvalue weighted by molar-refractivity contribution is 5.95. The Balaban J connectivity index is 1.42. The fourth-order valence-electron chi connectivity index (χ4n) is 3.26. The average molecular weight is 370 g/mol. The monoisotopic (exact) mass is 370 g/mol. The number of rotatable bonds is 4. The van der Waals surface area contributed by atoms with E-state index in [1.54, 1.807) is 18.2 Å². The summed E-state index contributed by atoms with van der Waals surface area (Å²) in [5.74, 6) is 3.40. The van der Waals surface area contributed by atoms with Crippen LogP contribution in [0.2, 0.25) is 0 Å². The van der Waals surface area contributed by atoms with Crippen LogP contribution in [0.4, 0.5) is 5.82 Å². The van der Waals surface area contributed by atoms with Gasteiger partial charge in [-0.2, -0.15) is 4.98 Å². The molecule has 4 rings (SSSR count). The number of hydrogen-bond donors (Lipinski definition) is 0. The van der Waals surface area contributed by atoms with Crippen molar-refractivity contribution in [3.8, 4) is 17.4 Å². The topological polar surface area (TPSA) is 77.0 Å². The lowest BCUT2D eigenvalue weighted by atomic mass is 10.1. The van der Waals surface area contributed by atoms with Crippen molar-refractivity contribution >= 4 is 11.7 Å². The number of carbonyl (C=O) groups excluding carboxylic acids is 1. The zero-order valence-electron chi connectivity index (χ0n) is 15.5. The van der Waals surface area contributed by atoms with E-state index < -0.39 is 0 Å². The summed E-state index contributed by atoms with van der Waals surface area (Å²) in [4.78, 5) is 25.6. The Hall–Kier alpha value is -3.03. The molecule has 8 nitrogen and oxygen atoms in total. The van der Waals surface area contributed by atoms with Crippen LogP contribution >= 0.6 is 0 Å². The van der Waals surface area contributed by atoms with Gasteiger partial charge in [-0.3, -0.25) is 4.79 Å². The molecule has 8 heteroatoms. The van der Waals surface area contributed by atoms with Crippen LogP contribution in [-0.4, -0.2) is 60.4 Å². The largest absolute Gasteiger partial charge is 0.478 e. The first-order chi connectivity index (χ1) is 13.1. The van der Waals surface area contributed by atoms with Gasteiger partial charge in [0.15, 0.2) is 11.5 Å². The fraction of sp³-hybridized carbons (Fsp3) is 0.421. The smallest absolute Gasteiger partial charge is 0.254 e. The van der Waals surface area contributed by atoms with Crippen molar-refractivity contribution in [2.24, 2.45) is 0 Å². The number of anilines is 1. The molecule has 0 atom stereocenters. The molecule has 0 bridgehead atoms. The molecule has 0 unspecified atom stereocenters. The molecule has 2 aliphatic rings. The summed E-state index contributed by atoms with van der Waals surface area (Å²) in [6.07, 6.45) is 0. The zero-order valence-corrected chi connectivity index (χ0v) is 15.5. The van der Waals surface area contributed by atoms with Crippen LogP contribution < -0.4 is 19.1 Å². The van der Waals surface area contributed by atoms with Gasteiger partial charge in [0.25, 0.3) is 5.91 Å². The van der Waals surface area contributed by atoms with Crippen LogP contribution in [0.5, 0.6) is 17.4 Å². The molecule has 27 heavy (non-hydrogen) atoms. The highest BCUT2D eigenvalue weighted by Gasteiger charge is 2.25. The lowest BCUT2D eigenvalue weighted by Gasteiger charge is -2.35. The maximum atomic E-state index is 12.8. The Morgan fingerprint density at radius 1 is 1.11 bits per heavy atom. The Morgan fingerprint density at radius 2 is 1.89 bits per heavy atom. The van der Waals surface area contributed by atoms with Crippen LogP contribution in [0.1, 0.15) is 23.1 Å². The highest BCUT2D eigenvalue weighted by atomic mass is 16.7. The van der Waals surface area contributed by atoms with Crippen molar-refractivity contribution in [3.05, 3.63) is 35.7 Å². The minimum Gasteiger partial charge on any atom is -0.478 e. The number of hydrogen-bond acceptors (Lipinski definition) is 7. The summed E-state index contributed by atoms with van der Waals surface area (Å²) in [6, 6.07) is 7.17. The molecule has 1 fully saturated rings. The minimum atomic E-state index is 0.00169. The Bertz CT molecular complexity index is 850. The van der Waals surface area contributed by atoms with E-state index in [1.165, 1.54) is 0 Å². The number of carbonyl (C=O) groups is 1. The maximum Gasteiger partial charge on any atom is 0.254 e. The zero-order chi connectivity index (χ0) is 18.8. The predicted octanol–water partition coefficient (Wildman–Crippen LogP) is 1.87. The molecule has 3 heterocycles. The second kappa shape index (κ2) is 7.30. The van der Waals surface area contributed by atoms with E-state index in [0.717, 1.165) is 5.82 Å². The Morgan fingerprint density at radius 3 is 2.67 bits per heavy atom. The number of piperazine rings is 1. The molecule has 2 aliphatic heterocycles. The number of aryl methyl sites for hydroxylation is 1. The van der Waals surface area contributed by atoms with Gasteiger partial charge in [-0.25, -0.2) is 4.98 Å². The van der Waals surface area contributed by atoms with Gasteiger partial charge in [-0.05, 0) is 32.0 Å². The molecule has 1 saturated heterocycles. The van der Waals surface area contributed by atoms with Crippen LogP contribution in [0.25, 0.3) is 0 Å². The number of fused-ring (bicyclic) bond motifs is 1. The van der Waals surface area contributed by atoms with E-state index in [-0.39, 0.29) is 12.7 Å². The molecule has 1 aromatic carbocycles. The molecule has 0 aliphatic carbocycles. The van der Waals surface area contributed by atoms with Gasteiger partial charge in [0.2, 0.25) is 12.7 Å². The first kappa shape index (κ1) is 17.4. The van der Waals surface area contributed by atoms with E-state index in [0.29, 0.717) is 61.6 Å². The van der Waals surface area contributed by atoms with Crippen LogP contribution in [0, 0.1) is 6.92 Å². The van der Waals surface area contributed by atoms with Gasteiger partial charge in [0, 0.05) is 37.8 Å². The SMILES string of the molecule is CCOc1cc(N2CCN(C(=O)c3ccc4c(c3)OCO4)CC2)nc(C)n1. The van der Waals surface area contributed by atoms with Crippen molar-refractivity contribution < 1.29 is 19.0 Å². The number of amides is 1. The molecular weight excluding hydrogens is 348 g/mol. The molecular formula is C19H22N4O4. The van der Waals surface area contributed by atoms with E-state index >= 15 is 0 Å². The average Bonchev–Trinajstić information content (AvgIpc) is 3.15. The van der Waals surface area contributed by atoms with Gasteiger partial charge in [0.05, 0.1) is 6.61 Å². The quantitative estimate of drug-likeness (QED) is 0.813. The summed E-state index contributed by atoms with van der Waals surface area (Å²) in [7, 11) is 0. The van der Waals surface area contributed by atoms with Crippen LogP contribution in [0.15, 0.2) is 24.3 Å². The third-order valence-electron chi connectivity index (χ3n) is 4.60. The first-order valence-corrected chi connectivity index (χ1v) is 9.06. The van der Waals surface area contributed by atoms with Crippen molar-refractivity contribution in [1.29, 1.82) is 0 Å². The predicted molar refractivity (Wildman–Crippen MR) is 98.6 cm³/mol. The lowest BCUT2D eigenvalue weighted by Crippen LogP contribution is -2.49. The van der Waals surface area contributed by atoms with Gasteiger partial charge >= 0.3 is 0 Å². The maximum absolute atomic E-state index is 12.8. The fourth-order valence-corrected chi connectivity index (χ4v) is 3.26. The Kier molecular flexibility index (Phi) is 4.70. The molecule has 1 amide bonds. The van der Waals surface area contributed by atoms with Gasteiger partial charge in [0.1, 0.15) is 11.6 Å². The molecule has 1 aromatic heterocycles. The lowest BCUT2D eigenvalue weighted by molar-refractivity contribution is 0.0746. The highest BCUT2D eigenvalue weighted by Crippen LogP contribution is 2.33. The summed E-state index contributed by atoms with van der Waals surface area (Å²) in [5.41, 5.74) is 0.615. The first-order valence-electron chi connectivity index (χ1n) is 9.06. The van der Waals surface area contributed by atoms with E-state index in [4.69, 9.17) is 14.2 Å². The minimum absolute atomic E-state index is 0.00169. The normalized spacial score (nSPS) is 15.8. The van der Waals surface area contributed by atoms with Gasteiger partial charge < -0.3 is 24.0 Å². The second-order valence-electron chi connectivity index (χ2n) is 6.39. The third-order valence-corrected chi connectivity index (χ3v) is 4.60. The molecule has 0 spiro atoms. The summed E-state index contributed by atoms with van der Waals surface area (Å²) >= 11 is 0. The van der Waals surface area contributed by atoms with E-state index in [1.807, 2.05) is 24.8 Å². The van der Waals surface area contributed by atoms with Crippen LogP contribution in [-0.2, 0) is 0 Å². The number of aromatic nitrogens is 2.